The molecule has 1 saturated carbocycles. The second-order valence-electron chi connectivity index (χ2n) is 14.8. The van der Waals surface area contributed by atoms with Gasteiger partial charge in [0, 0.05) is 33.6 Å². The topological polar surface area (TPSA) is 375 Å². The number of carboxylic acids is 2. The lowest BCUT2D eigenvalue weighted by molar-refractivity contribution is -0.362. The molecule has 0 radical (unpaired) electrons. The van der Waals surface area contributed by atoms with Crippen molar-refractivity contribution >= 4 is 29.7 Å². The van der Waals surface area contributed by atoms with Gasteiger partial charge in [0.05, 0.1) is 24.7 Å². The summed E-state index contributed by atoms with van der Waals surface area (Å²) >= 11 is 0. The first-order valence-corrected chi connectivity index (χ1v) is 18.7. The number of aliphatic hydroxyl groups is 7. The summed E-state index contributed by atoms with van der Waals surface area (Å²) in [6.07, 6.45) is -31.6. The van der Waals surface area contributed by atoms with Gasteiger partial charge in [0.2, 0.25) is 11.8 Å². The number of methoxy groups -OCH3 is 2. The van der Waals surface area contributed by atoms with Crippen LogP contribution in [0.5, 0.6) is 0 Å². The molecule has 8 unspecified atom stereocenters. The summed E-state index contributed by atoms with van der Waals surface area (Å²) in [6, 6.07) is -3.08. The lowest BCUT2D eigenvalue weighted by Gasteiger charge is -2.50. The summed E-state index contributed by atoms with van der Waals surface area (Å²) in [5.74, 6) is -7.02. The first-order chi connectivity index (χ1) is 28.2. The van der Waals surface area contributed by atoms with Crippen molar-refractivity contribution in [2.75, 3.05) is 27.4 Å². The molecule has 2 amide bonds. The van der Waals surface area contributed by atoms with Crippen LogP contribution in [0.1, 0.15) is 27.2 Å². The highest BCUT2D eigenvalue weighted by molar-refractivity contribution is 5.86. The Balaban J connectivity index is 1.63. The smallest absolute Gasteiger partial charge is 0.335 e. The summed E-state index contributed by atoms with van der Waals surface area (Å²) in [6.45, 7) is 5.40. The second kappa shape index (κ2) is 21.0. The summed E-state index contributed by atoms with van der Waals surface area (Å²) in [7, 11) is 2.29. The van der Waals surface area contributed by atoms with Gasteiger partial charge >= 0.3 is 17.9 Å². The minimum absolute atomic E-state index is 0.0159. The third kappa shape index (κ3) is 10.9. The zero-order valence-electron chi connectivity index (χ0n) is 33.1. The SMILES string of the molecule is C=C(C)C(=O)OCC1O[C@@H](OC)C(NC(C)=O)[C@@H](O[C@@H]2OC(C(=O)O)[C@@H](O[C@@H]3OC(CO)[C@@H](O)[C@H](O[C@@H]4CC(C(=O)O)[C@@H](OC)[C@H](O)C4O)C3NC(C)=O)[C@H](O)C2O)[C@@H]1O. The molecule has 3 saturated heterocycles. The van der Waals surface area contributed by atoms with Gasteiger partial charge in [-0.2, -0.15) is 0 Å². The van der Waals surface area contributed by atoms with Crippen molar-refractivity contribution in [3.63, 3.8) is 0 Å². The van der Waals surface area contributed by atoms with Crippen LogP contribution in [0.2, 0.25) is 0 Å². The molecule has 342 valence electrons. The van der Waals surface area contributed by atoms with Crippen LogP contribution in [0.4, 0.5) is 0 Å². The van der Waals surface area contributed by atoms with Gasteiger partial charge in [0.25, 0.3) is 0 Å². The average molecular weight is 871 g/mol. The molecule has 3 heterocycles. The molecule has 3 aliphatic heterocycles. The number of carbonyl (C=O) groups is 5. The summed E-state index contributed by atoms with van der Waals surface area (Å²) < 4.78 is 50.1. The largest absolute Gasteiger partial charge is 0.481 e. The maximum atomic E-state index is 12.7. The number of carboxylic acid groups (broad SMARTS) is 2. The van der Waals surface area contributed by atoms with Gasteiger partial charge in [-0.15, -0.1) is 0 Å². The van der Waals surface area contributed by atoms with E-state index in [-0.39, 0.29) is 5.57 Å². The van der Waals surface area contributed by atoms with Gasteiger partial charge in [-0.3, -0.25) is 14.4 Å². The Labute approximate surface area is 342 Å². The number of hydrogen-bond acceptors (Lipinski definition) is 21. The minimum Gasteiger partial charge on any atom is -0.481 e. The molecule has 0 spiro atoms. The van der Waals surface area contributed by atoms with E-state index >= 15 is 0 Å². The van der Waals surface area contributed by atoms with Crippen molar-refractivity contribution in [3.05, 3.63) is 12.2 Å². The molecule has 0 aromatic heterocycles. The van der Waals surface area contributed by atoms with Crippen LogP contribution in [0, 0.1) is 5.92 Å². The molecular weight excluding hydrogens is 816 g/mol. The van der Waals surface area contributed by atoms with Crippen LogP contribution < -0.4 is 10.6 Å². The van der Waals surface area contributed by atoms with Gasteiger partial charge in [-0.25, -0.2) is 9.59 Å². The lowest BCUT2D eigenvalue weighted by Crippen LogP contribution is -2.70. The van der Waals surface area contributed by atoms with E-state index in [1.165, 1.54) is 14.0 Å². The average Bonchev–Trinajstić information content (AvgIpc) is 3.18. The number of amides is 2. The van der Waals surface area contributed by atoms with E-state index in [1.807, 2.05) is 0 Å². The molecule has 0 bridgehead atoms. The fraction of sp³-hybridized carbons (Fsp3) is 0.800. The number of aliphatic carboxylic acids is 2. The first-order valence-electron chi connectivity index (χ1n) is 18.7. The maximum Gasteiger partial charge on any atom is 0.335 e. The Morgan fingerprint density at radius 3 is 1.68 bits per heavy atom. The number of rotatable bonds is 16. The third-order valence-corrected chi connectivity index (χ3v) is 10.5. The molecule has 4 aliphatic rings. The van der Waals surface area contributed by atoms with Crippen molar-refractivity contribution in [2.45, 2.75) is 144 Å². The van der Waals surface area contributed by atoms with Gasteiger partial charge < -0.3 is 99.2 Å². The zero-order valence-corrected chi connectivity index (χ0v) is 33.1. The molecule has 25 heteroatoms. The Morgan fingerprint density at radius 1 is 0.633 bits per heavy atom. The standard InChI is InChI=1S/C35H54N2O23/c1-10(2)32(51)54-9-16-21(43)27(17(36-11(3)39)33(53-6)57-16)58-35-24(46)23(45)28(29(60-35)31(49)50)59-34-18(37-12(4)40)26(20(42)15(8-38)56-34)55-14-7-13(30(47)48)25(52-5)22(44)19(14)41/h13-29,33-35,38,41-46H,1,7-9H2,2-6H3,(H,36,39)(H,37,40)(H,47,48)(H,49,50)/t13?,14-,15?,16?,17?,18?,19?,20-,21-,22-,23-,24?,25-,26-,27-,28+,29?,33-,34+,35-/m1/s1. The molecule has 0 aromatic carbocycles. The number of hydrogen-bond donors (Lipinski definition) is 11. The second-order valence-corrected chi connectivity index (χ2v) is 14.8. The molecule has 20 atom stereocenters. The number of aliphatic hydroxyl groups excluding tert-OH is 7. The molecule has 11 N–H and O–H groups in total. The van der Waals surface area contributed by atoms with Crippen LogP contribution in [-0.4, -0.2) is 220 Å². The molecular formula is C35H54N2O23. The predicted molar refractivity (Wildman–Crippen MR) is 190 cm³/mol. The Morgan fingerprint density at radius 2 is 1.17 bits per heavy atom. The third-order valence-electron chi connectivity index (χ3n) is 10.5. The van der Waals surface area contributed by atoms with E-state index in [9.17, 15) is 69.9 Å². The molecule has 4 fully saturated rings. The van der Waals surface area contributed by atoms with Gasteiger partial charge in [-0.05, 0) is 13.3 Å². The Bertz CT molecular complexity index is 1540. The van der Waals surface area contributed by atoms with E-state index < -0.39 is 172 Å². The first kappa shape index (κ1) is 49.1. The van der Waals surface area contributed by atoms with E-state index in [0.29, 0.717) is 0 Å². The van der Waals surface area contributed by atoms with Crippen LogP contribution >= 0.6 is 0 Å². The number of nitrogens with one attached hydrogen (secondary N) is 2. The predicted octanol–water partition coefficient (Wildman–Crippen LogP) is -6.18. The molecule has 25 nitrogen and oxygen atoms in total. The monoisotopic (exact) mass is 870 g/mol. The molecule has 1 aliphatic carbocycles. The normalized spacial score (nSPS) is 42.1. The summed E-state index contributed by atoms with van der Waals surface area (Å²) in [5, 5.41) is 102. The molecule has 4 rings (SSSR count). The maximum absolute atomic E-state index is 12.7. The molecule has 60 heavy (non-hydrogen) atoms. The number of carbonyl (C=O) groups excluding carboxylic acids is 3. The van der Waals surface area contributed by atoms with Crippen molar-refractivity contribution in [1.29, 1.82) is 0 Å². The van der Waals surface area contributed by atoms with Gasteiger partial charge in [0.15, 0.2) is 25.0 Å². The van der Waals surface area contributed by atoms with Gasteiger partial charge in [0.1, 0.15) is 85.8 Å². The van der Waals surface area contributed by atoms with E-state index in [1.54, 1.807) is 0 Å². The molecule has 0 aromatic rings. The van der Waals surface area contributed by atoms with Crippen LogP contribution in [0.15, 0.2) is 12.2 Å². The fourth-order valence-corrected chi connectivity index (χ4v) is 7.49. The van der Waals surface area contributed by atoms with Crippen LogP contribution in [0.3, 0.4) is 0 Å². The van der Waals surface area contributed by atoms with Crippen molar-refractivity contribution in [1.82, 2.24) is 10.6 Å². The van der Waals surface area contributed by atoms with Crippen molar-refractivity contribution < 1.29 is 113 Å². The number of esters is 1. The summed E-state index contributed by atoms with van der Waals surface area (Å²) in [5.41, 5.74) is 0.0159. The van der Waals surface area contributed by atoms with Crippen molar-refractivity contribution in [2.24, 2.45) is 5.92 Å². The number of ether oxygens (including phenoxy) is 9. The highest BCUT2D eigenvalue weighted by atomic mass is 16.8. The Kier molecular flexibility index (Phi) is 17.2. The summed E-state index contributed by atoms with van der Waals surface area (Å²) in [4.78, 5) is 61.5. The minimum atomic E-state index is -2.27. The zero-order chi connectivity index (χ0) is 44.9. The van der Waals surface area contributed by atoms with Crippen LogP contribution in [-0.2, 0) is 66.6 Å². The van der Waals surface area contributed by atoms with E-state index in [4.69, 9.17) is 42.6 Å². The van der Waals surface area contributed by atoms with E-state index in [2.05, 4.69) is 17.2 Å². The highest BCUT2D eigenvalue weighted by Crippen LogP contribution is 2.36. The van der Waals surface area contributed by atoms with Crippen molar-refractivity contribution in [3.8, 4) is 0 Å². The highest BCUT2D eigenvalue weighted by Gasteiger charge is 2.57. The quantitative estimate of drug-likeness (QED) is 0.0508. The van der Waals surface area contributed by atoms with E-state index in [0.717, 1.165) is 21.0 Å². The van der Waals surface area contributed by atoms with Gasteiger partial charge in [-0.1, -0.05) is 6.58 Å². The lowest BCUT2D eigenvalue weighted by atomic mass is 9.80. The fourth-order valence-electron chi connectivity index (χ4n) is 7.49. The van der Waals surface area contributed by atoms with Crippen LogP contribution in [0.25, 0.3) is 0 Å². The Hall–Kier alpha value is -3.51.